The topological polar surface area (TPSA) is 544 Å². The number of rotatable bonds is 38. The fraction of sp³-hybridized carbons (Fsp3) is 0.582. The van der Waals surface area contributed by atoms with Gasteiger partial charge in [0.05, 0.1) is 19.3 Å². The highest BCUT2D eigenvalue weighted by atomic mass is 32.1. The predicted octanol–water partition coefficient (Wildman–Crippen LogP) is -3.25. The van der Waals surface area contributed by atoms with Crippen LogP contribution in [0.2, 0.25) is 0 Å². The summed E-state index contributed by atoms with van der Waals surface area (Å²) in [5.41, 5.74) is 33.2. The molecular weight excluding hydrogens is 1360 g/mol. The van der Waals surface area contributed by atoms with Crippen molar-refractivity contribution in [2.45, 2.75) is 176 Å². The Morgan fingerprint density at radius 2 is 1.01 bits per heavy atom. The Bertz CT molecular complexity index is 3460. The molecule has 35 heteroatoms. The second kappa shape index (κ2) is 37.4. The van der Waals surface area contributed by atoms with Crippen LogP contribution in [0.4, 0.5) is 0 Å². The summed E-state index contributed by atoms with van der Waals surface area (Å²) in [6.45, 7) is -1.62. The Balaban J connectivity index is 0.909. The molecule has 33 nitrogen and oxygen atoms in total. The van der Waals surface area contributed by atoms with Gasteiger partial charge in [-0.2, -0.15) is 0 Å². The molecule has 23 N–H and O–H groups in total. The molecule has 4 saturated carbocycles. The number of aliphatic carboxylic acids is 1. The smallest absolute Gasteiger partial charge is 0.326 e. The van der Waals surface area contributed by atoms with Crippen LogP contribution in [0.15, 0.2) is 80.3 Å². The molecule has 10 amide bonds. The van der Waals surface area contributed by atoms with E-state index < -0.39 is 138 Å². The summed E-state index contributed by atoms with van der Waals surface area (Å²) in [5.74, 6) is -8.09. The summed E-state index contributed by atoms with van der Waals surface area (Å²) in [6.07, 6.45) is 5.08. The van der Waals surface area contributed by atoms with E-state index in [0.717, 1.165) is 43.4 Å². The summed E-state index contributed by atoms with van der Waals surface area (Å²) in [4.78, 5) is 171. The summed E-state index contributed by atoms with van der Waals surface area (Å²) < 4.78 is 0. The molecule has 6 fully saturated rings. The van der Waals surface area contributed by atoms with E-state index in [9.17, 15) is 68.1 Å². The van der Waals surface area contributed by atoms with Crippen molar-refractivity contribution in [3.8, 4) is 0 Å². The number of carboxylic acids is 1. The number of nitrogens with one attached hydrogen (secondary N) is 8. The first-order valence-electron chi connectivity index (χ1n) is 34.6. The summed E-state index contributed by atoms with van der Waals surface area (Å²) in [6, 6.07) is 3.12. The van der Waals surface area contributed by atoms with Gasteiger partial charge in [0.15, 0.2) is 17.9 Å². The molecule has 0 radical (unpaired) electrons. The molecule has 10 unspecified atom stereocenters. The largest absolute Gasteiger partial charge is 0.480 e. The number of aliphatic imine (C=N–C) groups is 3. The van der Waals surface area contributed by atoms with E-state index >= 15 is 0 Å². The molecule has 0 spiro atoms. The number of hydrogen-bond acceptors (Lipinski definition) is 18. The number of nitrogens with zero attached hydrogens (tertiary/aromatic N) is 5. The van der Waals surface area contributed by atoms with Gasteiger partial charge in [-0.15, -0.1) is 22.7 Å². The highest BCUT2D eigenvalue weighted by molar-refractivity contribution is 7.10. The average Bonchev–Trinajstić information content (AvgIpc) is 0.912. The van der Waals surface area contributed by atoms with Crippen molar-refractivity contribution in [2.24, 2.45) is 72.5 Å². The molecule has 2 aromatic heterocycles. The number of guanidine groups is 3. The van der Waals surface area contributed by atoms with Crippen LogP contribution >= 0.6 is 22.7 Å². The zero-order valence-corrected chi connectivity index (χ0v) is 58.5. The molecule has 102 heavy (non-hydrogen) atoms. The van der Waals surface area contributed by atoms with Crippen LogP contribution in [0, 0.1) is 23.2 Å². The predicted molar refractivity (Wildman–Crippen MR) is 379 cm³/mol. The Morgan fingerprint density at radius 3 is 1.52 bits per heavy atom. The summed E-state index contributed by atoms with van der Waals surface area (Å²) >= 11 is 2.53. The van der Waals surface area contributed by atoms with Crippen LogP contribution in [0.5, 0.6) is 0 Å². The second-order valence-corrected chi connectivity index (χ2v) is 29.1. The fourth-order valence-electron chi connectivity index (χ4n) is 14.8. The monoisotopic (exact) mass is 1460 g/mol. The number of thiophene rings is 2. The third-order valence-electron chi connectivity index (χ3n) is 19.3. The maximum absolute atomic E-state index is 14.9. The zero-order chi connectivity index (χ0) is 73.6. The van der Waals surface area contributed by atoms with Gasteiger partial charge in [0.2, 0.25) is 59.1 Å². The molecule has 10 atom stereocenters. The number of carboxylic acid groups (broad SMARTS) is 1. The molecule has 2 aliphatic heterocycles. The number of carbonyl (C=O) groups excluding carboxylic acids is 10. The van der Waals surface area contributed by atoms with E-state index in [-0.39, 0.29) is 121 Å². The minimum absolute atomic E-state index is 0.0237. The highest BCUT2D eigenvalue weighted by Crippen LogP contribution is 2.60. The number of hydrogen-bond donors (Lipinski definition) is 17. The Kier molecular flexibility index (Phi) is 28.7. The van der Waals surface area contributed by atoms with Crippen molar-refractivity contribution in [3.63, 3.8) is 0 Å². The van der Waals surface area contributed by atoms with Crippen LogP contribution in [0.25, 0.3) is 0 Å². The van der Waals surface area contributed by atoms with Crippen LogP contribution in [0.1, 0.15) is 112 Å². The first-order valence-corrected chi connectivity index (χ1v) is 36.3. The SMILES string of the molecule is NC(N)=NCCCC(NC(=O)C(Cc1cccs1)NC(=O)C(Cc1ccccc1)NC(=O)C(CO)NC(=O)C(Cc1cccs1)NC(=O)CNC(=O)C1CC(O)CN1C(=O)C1CCCN1C(=O)C(CCCN=C(N)N)NC(=O)C(CCCN=C(N)N)NC(=O)C12CC3CC(CC(C3)C1)C2)C(=O)O. The molecule has 9 rings (SSSR count). The molecule has 556 valence electrons. The number of aliphatic hydroxyl groups excluding tert-OH is 2. The lowest BCUT2D eigenvalue weighted by Gasteiger charge is -2.55. The number of likely N-dealkylation sites (tertiary alicyclic amines) is 2. The van der Waals surface area contributed by atoms with Crippen LogP contribution in [0.3, 0.4) is 0 Å². The molecule has 4 heterocycles. The van der Waals surface area contributed by atoms with Gasteiger partial charge < -0.3 is 102 Å². The van der Waals surface area contributed by atoms with E-state index in [2.05, 4.69) is 57.5 Å². The van der Waals surface area contributed by atoms with Gasteiger partial charge in [-0.05, 0) is 136 Å². The fourth-order valence-corrected chi connectivity index (χ4v) is 16.3. The van der Waals surface area contributed by atoms with E-state index in [0.29, 0.717) is 45.9 Å². The maximum Gasteiger partial charge on any atom is 0.326 e. The van der Waals surface area contributed by atoms with Crippen LogP contribution < -0.4 is 76.9 Å². The van der Waals surface area contributed by atoms with Crippen molar-refractivity contribution in [3.05, 3.63) is 80.7 Å². The molecule has 2 saturated heterocycles. The number of β-amino-alcohol motifs (C(OH)–C–C–N with tert-alkyl or cyclic N) is 1. The van der Waals surface area contributed by atoms with Crippen LogP contribution in [-0.4, -0.2) is 214 Å². The quantitative estimate of drug-likeness (QED) is 0.0152. The Morgan fingerprint density at radius 1 is 0.539 bits per heavy atom. The van der Waals surface area contributed by atoms with Gasteiger partial charge in [0.1, 0.15) is 54.4 Å². The van der Waals surface area contributed by atoms with Gasteiger partial charge >= 0.3 is 5.97 Å². The van der Waals surface area contributed by atoms with Gasteiger partial charge in [-0.3, -0.25) is 62.9 Å². The van der Waals surface area contributed by atoms with Crippen molar-refractivity contribution >= 4 is 106 Å². The first kappa shape index (κ1) is 78.2. The van der Waals surface area contributed by atoms with Crippen molar-refractivity contribution in [2.75, 3.05) is 45.9 Å². The second-order valence-electron chi connectivity index (χ2n) is 27.1. The molecule has 6 aliphatic rings. The lowest BCUT2D eigenvalue weighted by atomic mass is 9.49. The lowest BCUT2D eigenvalue weighted by Crippen LogP contribution is -2.60. The number of amides is 10. The molecule has 4 bridgehead atoms. The summed E-state index contributed by atoms with van der Waals surface area (Å²) in [5, 5.41) is 56.4. The Hall–Kier alpha value is -9.48. The third-order valence-corrected chi connectivity index (χ3v) is 21.1. The molecule has 3 aromatic rings. The van der Waals surface area contributed by atoms with E-state index in [1.165, 1.54) is 27.6 Å². The van der Waals surface area contributed by atoms with Gasteiger partial charge in [-0.25, -0.2) is 4.79 Å². The Labute approximate surface area is 598 Å². The number of nitrogens with two attached hydrogens (primary N) is 6. The van der Waals surface area contributed by atoms with Crippen LogP contribution in [-0.2, 0) is 72.0 Å². The van der Waals surface area contributed by atoms with E-state index in [1.54, 1.807) is 65.4 Å². The summed E-state index contributed by atoms with van der Waals surface area (Å²) in [7, 11) is 0. The molecular formula is C67H97N19O14S2. The van der Waals surface area contributed by atoms with Crippen molar-refractivity contribution < 1.29 is 68.1 Å². The first-order chi connectivity index (χ1) is 48.8. The van der Waals surface area contributed by atoms with Crippen molar-refractivity contribution in [1.29, 1.82) is 0 Å². The third kappa shape index (κ3) is 22.5. The number of benzene rings is 1. The van der Waals surface area contributed by atoms with Gasteiger partial charge in [0, 0.05) is 73.6 Å². The minimum Gasteiger partial charge on any atom is -0.480 e. The van der Waals surface area contributed by atoms with E-state index in [1.807, 2.05) is 0 Å². The standard InChI is InChI=1S/C67H97N19O14S2/c68-64(69)74-18-4-14-44(84-63(100)67-31-38-24-39(32-67)26-40(25-38)33-67)54(90)79-45(15-5-19-75-65(70)71)60(96)85-21-7-17-51(85)61(97)86-35-41(88)28-52(86)59(95)77-34-53(89)78-48(29-42-12-8-22-101-42)56(92)83-50(36-87)58(94)81-47(27-37-10-2-1-3-11-37)55(91)82-49(30-43-13-9-23-102-43)57(93)80-46(62(98)99)16-6-20-76-66(72)73/h1-3,8-13,22-23,38-41,44-52,87-88H,4-7,14-21,24-36H2,(H,77,95)(H,78,89)(H,79,90)(H,80,93)(H,81,94)(H,82,91)(H,83,92)(H,84,100)(H,98,99)(H4,68,69,74)(H4,70,71,75)(H4,72,73,76). The zero-order valence-electron chi connectivity index (χ0n) is 56.9. The highest BCUT2D eigenvalue weighted by Gasteiger charge is 2.55. The lowest BCUT2D eigenvalue weighted by molar-refractivity contribution is -0.149. The van der Waals surface area contributed by atoms with Gasteiger partial charge in [-0.1, -0.05) is 42.5 Å². The molecule has 4 aliphatic carbocycles. The van der Waals surface area contributed by atoms with Crippen molar-refractivity contribution in [1.82, 2.24) is 52.3 Å². The minimum atomic E-state index is -1.74. The van der Waals surface area contributed by atoms with Gasteiger partial charge in [0.25, 0.3) is 0 Å². The number of carbonyl (C=O) groups is 11. The number of aliphatic hydroxyl groups is 2. The average molecular weight is 1460 g/mol. The molecule has 1 aromatic carbocycles. The normalized spacial score (nSPS) is 22.2. The van der Waals surface area contributed by atoms with E-state index in [4.69, 9.17) is 34.4 Å². The maximum atomic E-state index is 14.9.